The van der Waals surface area contributed by atoms with Gasteiger partial charge in [0.15, 0.2) is 0 Å². The molecule has 124 valence electrons. The van der Waals surface area contributed by atoms with E-state index in [9.17, 15) is 4.79 Å². The molecule has 0 saturated heterocycles. The molecule has 23 heavy (non-hydrogen) atoms. The minimum Gasteiger partial charge on any atom is -0.493 e. The molecule has 0 bridgehead atoms. The molecule has 0 unspecified atom stereocenters. The fourth-order valence-corrected chi connectivity index (χ4v) is 2.40. The van der Waals surface area contributed by atoms with E-state index in [0.29, 0.717) is 19.6 Å². The van der Waals surface area contributed by atoms with Gasteiger partial charge in [0.05, 0.1) is 12.8 Å². The van der Waals surface area contributed by atoms with E-state index in [0.717, 1.165) is 30.6 Å². The summed E-state index contributed by atoms with van der Waals surface area (Å²) in [6.07, 6.45) is 6.60. The monoisotopic (exact) mass is 315 g/mol. The first-order chi connectivity index (χ1) is 11.2. The summed E-state index contributed by atoms with van der Waals surface area (Å²) in [6.45, 7) is 3.45. The van der Waals surface area contributed by atoms with Crippen molar-refractivity contribution < 1.29 is 9.53 Å². The first-order valence-electron chi connectivity index (χ1n) is 8.13. The average Bonchev–Trinajstić information content (AvgIpc) is 3.10. The van der Waals surface area contributed by atoms with E-state index in [2.05, 4.69) is 23.2 Å². The molecule has 1 aromatic carbocycles. The Kier molecular flexibility index (Phi) is 6.66. The third-order valence-electron chi connectivity index (χ3n) is 3.86. The van der Waals surface area contributed by atoms with Gasteiger partial charge in [-0.2, -0.15) is 5.10 Å². The van der Waals surface area contributed by atoms with Crippen LogP contribution < -0.4 is 4.74 Å². The van der Waals surface area contributed by atoms with Crippen molar-refractivity contribution in [3.8, 4) is 5.75 Å². The molecule has 5 heteroatoms. The van der Waals surface area contributed by atoms with Gasteiger partial charge in [0.25, 0.3) is 0 Å². The van der Waals surface area contributed by atoms with Gasteiger partial charge in [-0.25, -0.2) is 0 Å². The van der Waals surface area contributed by atoms with Crippen molar-refractivity contribution in [3.63, 3.8) is 0 Å². The normalized spacial score (nSPS) is 10.5. The Morgan fingerprint density at radius 2 is 2.17 bits per heavy atom. The Morgan fingerprint density at radius 1 is 1.35 bits per heavy atom. The van der Waals surface area contributed by atoms with E-state index in [4.69, 9.17) is 4.74 Å². The van der Waals surface area contributed by atoms with Crippen molar-refractivity contribution in [1.29, 1.82) is 0 Å². The van der Waals surface area contributed by atoms with Crippen molar-refractivity contribution >= 4 is 5.91 Å². The molecule has 2 aromatic rings. The maximum atomic E-state index is 12.1. The molecule has 0 fully saturated rings. The van der Waals surface area contributed by atoms with Crippen LogP contribution in [0.15, 0.2) is 36.7 Å². The second-order valence-corrected chi connectivity index (χ2v) is 5.59. The molecule has 0 saturated carbocycles. The Bertz CT molecular complexity index is 596. The minimum absolute atomic E-state index is 0.153. The van der Waals surface area contributed by atoms with Crippen LogP contribution in [0.2, 0.25) is 0 Å². The number of hydrogen-bond donors (Lipinski definition) is 1. The number of nitrogens with one attached hydrogen (secondary N) is 1. The van der Waals surface area contributed by atoms with Gasteiger partial charge in [0.1, 0.15) is 5.75 Å². The number of aryl methyl sites for hydroxylation is 2. The maximum absolute atomic E-state index is 12.1. The van der Waals surface area contributed by atoms with Crippen molar-refractivity contribution in [1.82, 2.24) is 15.1 Å². The van der Waals surface area contributed by atoms with Crippen LogP contribution in [0.5, 0.6) is 5.75 Å². The highest BCUT2D eigenvalue weighted by Gasteiger charge is 2.09. The quantitative estimate of drug-likeness (QED) is 0.724. The summed E-state index contributed by atoms with van der Waals surface area (Å²) in [4.78, 5) is 13.8. The molecule has 0 aliphatic carbocycles. The number of para-hydroxylation sites is 1. The first-order valence-corrected chi connectivity index (χ1v) is 8.13. The Morgan fingerprint density at radius 3 is 2.91 bits per heavy atom. The summed E-state index contributed by atoms with van der Waals surface area (Å²) in [5, 5.41) is 6.64. The van der Waals surface area contributed by atoms with Crippen LogP contribution in [-0.4, -0.2) is 41.2 Å². The number of rotatable bonds is 9. The van der Waals surface area contributed by atoms with Crippen LogP contribution in [0.3, 0.4) is 0 Å². The molecule has 0 radical (unpaired) electrons. The molecule has 0 aliphatic rings. The van der Waals surface area contributed by atoms with Crippen LogP contribution in [0.1, 0.15) is 30.9 Å². The van der Waals surface area contributed by atoms with E-state index < -0.39 is 0 Å². The zero-order chi connectivity index (χ0) is 16.5. The molecule has 0 aliphatic heterocycles. The highest BCUT2D eigenvalue weighted by atomic mass is 16.5. The van der Waals surface area contributed by atoms with Crippen molar-refractivity contribution in [2.24, 2.45) is 0 Å². The number of carbonyl (C=O) groups excluding carboxylic acids is 1. The number of carbonyl (C=O) groups is 1. The lowest BCUT2D eigenvalue weighted by atomic mass is 10.1. The smallest absolute Gasteiger partial charge is 0.222 e. The third kappa shape index (κ3) is 5.43. The average molecular weight is 315 g/mol. The Hall–Kier alpha value is -2.30. The molecule has 2 rings (SSSR count). The van der Waals surface area contributed by atoms with E-state index in [1.807, 2.05) is 31.4 Å². The van der Waals surface area contributed by atoms with Gasteiger partial charge in [0.2, 0.25) is 5.91 Å². The van der Waals surface area contributed by atoms with Crippen LogP contribution in [0, 0.1) is 0 Å². The van der Waals surface area contributed by atoms with Crippen molar-refractivity contribution in [2.75, 3.05) is 20.2 Å². The molecule has 0 spiro atoms. The number of H-pyrrole nitrogens is 1. The van der Waals surface area contributed by atoms with Crippen LogP contribution in [0.4, 0.5) is 0 Å². The van der Waals surface area contributed by atoms with Gasteiger partial charge in [0, 0.05) is 26.2 Å². The molecule has 0 atom stereocenters. The van der Waals surface area contributed by atoms with Crippen molar-refractivity contribution in [3.05, 3.63) is 47.8 Å². The molecule has 1 heterocycles. The van der Waals surface area contributed by atoms with Crippen LogP contribution in [0.25, 0.3) is 0 Å². The fraction of sp³-hybridized carbons (Fsp3) is 0.444. The summed E-state index contributed by atoms with van der Waals surface area (Å²) in [5.74, 6) is 1.10. The lowest BCUT2D eigenvalue weighted by molar-refractivity contribution is -0.129. The van der Waals surface area contributed by atoms with E-state index in [1.165, 1.54) is 5.56 Å². The van der Waals surface area contributed by atoms with Gasteiger partial charge in [-0.3, -0.25) is 9.89 Å². The number of benzene rings is 1. The zero-order valence-electron chi connectivity index (χ0n) is 13.9. The standard InChI is InChI=1S/C18H25N3O2/c1-3-16-7-4-5-8-17(16)23-12-6-11-21(2)18(22)10-9-15-13-19-20-14-15/h4-5,7-8,13-14H,3,6,9-12H2,1-2H3,(H,19,20). The molecular weight excluding hydrogens is 290 g/mol. The molecule has 5 nitrogen and oxygen atoms in total. The number of aromatic amines is 1. The SMILES string of the molecule is CCc1ccccc1OCCCN(C)C(=O)CCc1cn[nH]c1. The van der Waals surface area contributed by atoms with E-state index >= 15 is 0 Å². The summed E-state index contributed by atoms with van der Waals surface area (Å²) in [6, 6.07) is 8.09. The molecular formula is C18H25N3O2. The minimum atomic E-state index is 0.153. The predicted molar refractivity (Wildman–Crippen MR) is 90.5 cm³/mol. The predicted octanol–water partition coefficient (Wildman–Crippen LogP) is 2.83. The van der Waals surface area contributed by atoms with Gasteiger partial charge < -0.3 is 9.64 Å². The van der Waals surface area contributed by atoms with Gasteiger partial charge in [-0.15, -0.1) is 0 Å². The van der Waals surface area contributed by atoms with Gasteiger partial charge in [-0.1, -0.05) is 25.1 Å². The first kappa shape index (κ1) is 17.1. The number of ether oxygens (including phenoxy) is 1. The highest BCUT2D eigenvalue weighted by Crippen LogP contribution is 2.18. The van der Waals surface area contributed by atoms with E-state index in [-0.39, 0.29) is 5.91 Å². The largest absolute Gasteiger partial charge is 0.493 e. The lowest BCUT2D eigenvalue weighted by Gasteiger charge is -2.17. The number of hydrogen-bond acceptors (Lipinski definition) is 3. The third-order valence-corrected chi connectivity index (χ3v) is 3.86. The van der Waals surface area contributed by atoms with Crippen LogP contribution >= 0.6 is 0 Å². The summed E-state index contributed by atoms with van der Waals surface area (Å²) in [5.41, 5.74) is 2.28. The Balaban J connectivity index is 1.66. The van der Waals surface area contributed by atoms with Crippen molar-refractivity contribution in [2.45, 2.75) is 32.6 Å². The highest BCUT2D eigenvalue weighted by molar-refractivity contribution is 5.76. The summed E-state index contributed by atoms with van der Waals surface area (Å²) >= 11 is 0. The molecule has 1 N–H and O–H groups in total. The zero-order valence-corrected chi connectivity index (χ0v) is 13.9. The number of aromatic nitrogens is 2. The second kappa shape index (κ2) is 8.98. The maximum Gasteiger partial charge on any atom is 0.222 e. The van der Waals surface area contributed by atoms with Gasteiger partial charge >= 0.3 is 0 Å². The van der Waals surface area contributed by atoms with Crippen LogP contribution in [-0.2, 0) is 17.6 Å². The fourth-order valence-electron chi connectivity index (χ4n) is 2.40. The molecule has 1 amide bonds. The van der Waals surface area contributed by atoms with Gasteiger partial charge in [-0.05, 0) is 36.5 Å². The Labute approximate surface area is 137 Å². The molecule has 1 aromatic heterocycles. The summed E-state index contributed by atoms with van der Waals surface area (Å²) < 4.78 is 5.83. The number of amides is 1. The second-order valence-electron chi connectivity index (χ2n) is 5.59. The number of nitrogens with zero attached hydrogens (tertiary/aromatic N) is 2. The van der Waals surface area contributed by atoms with E-state index in [1.54, 1.807) is 11.1 Å². The summed E-state index contributed by atoms with van der Waals surface area (Å²) in [7, 11) is 1.84. The topological polar surface area (TPSA) is 58.2 Å². The lowest BCUT2D eigenvalue weighted by Crippen LogP contribution is -2.28.